The van der Waals surface area contributed by atoms with Crippen LogP contribution in [0.3, 0.4) is 0 Å². The fraction of sp³-hybridized carbons (Fsp3) is 0.200. The van der Waals surface area contributed by atoms with E-state index in [1.807, 2.05) is 42.5 Å². The summed E-state index contributed by atoms with van der Waals surface area (Å²) >= 11 is 5.94. The van der Waals surface area contributed by atoms with Gasteiger partial charge in [-0.1, -0.05) is 23.7 Å². The first-order valence-corrected chi connectivity index (χ1v) is 9.08. The van der Waals surface area contributed by atoms with E-state index in [0.717, 1.165) is 16.9 Å². The number of nitrogen functional groups attached to an aromatic ring is 1. The number of carbonyl (C=O) groups excluding carboxylic acids is 1. The Morgan fingerprint density at radius 1 is 1.04 bits per heavy atom. The summed E-state index contributed by atoms with van der Waals surface area (Å²) in [4.78, 5) is 14.3. The second kappa shape index (κ2) is 7.42. The van der Waals surface area contributed by atoms with Gasteiger partial charge in [-0.3, -0.25) is 4.79 Å². The van der Waals surface area contributed by atoms with Crippen molar-refractivity contribution in [2.24, 2.45) is 0 Å². The highest BCUT2D eigenvalue weighted by Crippen LogP contribution is 2.24. The van der Waals surface area contributed by atoms with E-state index in [1.54, 1.807) is 21.7 Å². The number of hydrogen-bond acceptors (Lipinski definition) is 4. The lowest BCUT2D eigenvalue weighted by Gasteiger charge is -2.26. The fourth-order valence-electron chi connectivity index (χ4n) is 3.06. The number of hydrogen-bond donors (Lipinski definition) is 1. The van der Waals surface area contributed by atoms with Crippen LogP contribution in [0.5, 0.6) is 0 Å². The molecule has 0 saturated carbocycles. The third-order valence-electron chi connectivity index (χ3n) is 4.53. The Labute approximate surface area is 162 Å². The Balaban J connectivity index is 1.57. The highest BCUT2D eigenvalue weighted by atomic mass is 35.5. The van der Waals surface area contributed by atoms with Crippen molar-refractivity contribution in [1.29, 1.82) is 0 Å². The van der Waals surface area contributed by atoms with Gasteiger partial charge in [-0.25, -0.2) is 4.68 Å². The quantitative estimate of drug-likeness (QED) is 0.754. The van der Waals surface area contributed by atoms with Crippen LogP contribution in [0.4, 0.5) is 5.82 Å². The Hall–Kier alpha value is -2.83. The van der Waals surface area contributed by atoms with Crippen molar-refractivity contribution < 1.29 is 9.53 Å². The summed E-state index contributed by atoms with van der Waals surface area (Å²) in [6.07, 6.45) is 0. The van der Waals surface area contributed by atoms with Crippen molar-refractivity contribution >= 4 is 23.3 Å². The Kier molecular flexibility index (Phi) is 4.83. The molecule has 1 aliphatic rings. The topological polar surface area (TPSA) is 73.4 Å². The smallest absolute Gasteiger partial charge is 0.254 e. The van der Waals surface area contributed by atoms with E-state index in [2.05, 4.69) is 5.10 Å². The zero-order chi connectivity index (χ0) is 18.8. The van der Waals surface area contributed by atoms with Gasteiger partial charge in [0, 0.05) is 35.3 Å². The van der Waals surface area contributed by atoms with Gasteiger partial charge in [0.25, 0.3) is 5.91 Å². The van der Waals surface area contributed by atoms with Gasteiger partial charge in [-0.15, -0.1) is 0 Å². The third-order valence-corrected chi connectivity index (χ3v) is 4.79. The Morgan fingerprint density at radius 3 is 2.37 bits per heavy atom. The number of carbonyl (C=O) groups is 1. The van der Waals surface area contributed by atoms with Crippen LogP contribution < -0.4 is 5.73 Å². The molecule has 6 nitrogen and oxygen atoms in total. The van der Waals surface area contributed by atoms with Gasteiger partial charge in [0.2, 0.25) is 0 Å². The zero-order valence-electron chi connectivity index (χ0n) is 14.6. The standard InChI is InChI=1S/C20H19ClN4O2/c21-16-5-1-14(2-6-16)18-13-19(22)25(23-18)17-7-3-15(4-8-17)20(26)24-9-11-27-12-10-24/h1-8,13H,9-12,22H2. The molecule has 1 aliphatic heterocycles. The normalized spacial score (nSPS) is 14.3. The molecule has 0 spiro atoms. The molecule has 1 fully saturated rings. The van der Waals surface area contributed by atoms with Gasteiger partial charge in [-0.05, 0) is 36.4 Å². The number of ether oxygens (including phenoxy) is 1. The average molecular weight is 383 g/mol. The number of aromatic nitrogens is 2. The van der Waals surface area contributed by atoms with Crippen molar-refractivity contribution in [3.05, 3.63) is 65.2 Å². The number of morpholine rings is 1. The van der Waals surface area contributed by atoms with E-state index in [9.17, 15) is 4.79 Å². The first-order valence-electron chi connectivity index (χ1n) is 8.71. The molecule has 1 amide bonds. The molecule has 0 bridgehead atoms. The average Bonchev–Trinajstić information content (AvgIpc) is 3.10. The predicted octanol–water partition coefficient (Wildman–Crippen LogP) is 3.25. The Bertz CT molecular complexity index is 945. The van der Waals surface area contributed by atoms with Crippen LogP contribution in [-0.4, -0.2) is 46.9 Å². The molecule has 2 heterocycles. The maximum absolute atomic E-state index is 12.5. The first kappa shape index (κ1) is 17.6. The van der Waals surface area contributed by atoms with E-state index in [4.69, 9.17) is 22.1 Å². The van der Waals surface area contributed by atoms with E-state index < -0.39 is 0 Å². The molecule has 4 rings (SSSR count). The van der Waals surface area contributed by atoms with Gasteiger partial charge in [0.1, 0.15) is 5.82 Å². The maximum Gasteiger partial charge on any atom is 0.254 e. The van der Waals surface area contributed by atoms with Crippen molar-refractivity contribution in [2.45, 2.75) is 0 Å². The molecular formula is C20H19ClN4O2. The summed E-state index contributed by atoms with van der Waals surface area (Å²) in [7, 11) is 0. The SMILES string of the molecule is Nc1cc(-c2ccc(Cl)cc2)nn1-c1ccc(C(=O)N2CCOCC2)cc1. The number of halogens is 1. The van der Waals surface area contributed by atoms with Crippen LogP contribution in [-0.2, 0) is 4.74 Å². The molecule has 0 unspecified atom stereocenters. The maximum atomic E-state index is 12.5. The summed E-state index contributed by atoms with van der Waals surface area (Å²) in [6, 6.07) is 16.6. The number of nitrogens with two attached hydrogens (primary N) is 1. The number of benzene rings is 2. The number of anilines is 1. The number of nitrogens with zero attached hydrogens (tertiary/aromatic N) is 3. The molecule has 2 aromatic carbocycles. The summed E-state index contributed by atoms with van der Waals surface area (Å²) in [5, 5.41) is 5.25. The summed E-state index contributed by atoms with van der Waals surface area (Å²) in [5.74, 6) is 0.535. The third kappa shape index (κ3) is 3.67. The molecule has 138 valence electrons. The van der Waals surface area contributed by atoms with Crippen LogP contribution in [0.25, 0.3) is 16.9 Å². The minimum absolute atomic E-state index is 0.0140. The van der Waals surface area contributed by atoms with Crippen LogP contribution in [0.2, 0.25) is 5.02 Å². The molecule has 3 aromatic rings. The van der Waals surface area contributed by atoms with Crippen LogP contribution in [0, 0.1) is 0 Å². The summed E-state index contributed by atoms with van der Waals surface area (Å²) < 4.78 is 6.95. The van der Waals surface area contributed by atoms with Crippen LogP contribution in [0.15, 0.2) is 54.6 Å². The fourth-order valence-corrected chi connectivity index (χ4v) is 3.18. The highest BCUT2D eigenvalue weighted by Gasteiger charge is 2.18. The van der Waals surface area contributed by atoms with Crippen LogP contribution >= 0.6 is 11.6 Å². The lowest BCUT2D eigenvalue weighted by atomic mass is 10.1. The van der Waals surface area contributed by atoms with E-state index in [-0.39, 0.29) is 5.91 Å². The molecule has 0 radical (unpaired) electrons. The minimum atomic E-state index is 0.0140. The van der Waals surface area contributed by atoms with Gasteiger partial charge in [-0.2, -0.15) is 5.10 Å². The molecule has 2 N–H and O–H groups in total. The summed E-state index contributed by atoms with van der Waals surface area (Å²) in [5.41, 5.74) is 9.28. The van der Waals surface area contributed by atoms with Gasteiger partial charge < -0.3 is 15.4 Å². The van der Waals surface area contributed by atoms with E-state index in [0.29, 0.717) is 42.7 Å². The molecule has 7 heteroatoms. The van der Waals surface area contributed by atoms with Crippen molar-refractivity contribution in [1.82, 2.24) is 14.7 Å². The molecule has 1 aromatic heterocycles. The Morgan fingerprint density at radius 2 is 1.70 bits per heavy atom. The van der Waals surface area contributed by atoms with Gasteiger partial charge in [0.15, 0.2) is 0 Å². The minimum Gasteiger partial charge on any atom is -0.384 e. The number of amides is 1. The molecule has 27 heavy (non-hydrogen) atoms. The lowest BCUT2D eigenvalue weighted by Crippen LogP contribution is -2.40. The molecule has 0 atom stereocenters. The van der Waals surface area contributed by atoms with E-state index >= 15 is 0 Å². The molecular weight excluding hydrogens is 364 g/mol. The highest BCUT2D eigenvalue weighted by molar-refractivity contribution is 6.30. The molecule has 0 aliphatic carbocycles. The molecule has 1 saturated heterocycles. The van der Waals surface area contributed by atoms with Crippen molar-refractivity contribution in [2.75, 3.05) is 32.0 Å². The van der Waals surface area contributed by atoms with Crippen molar-refractivity contribution in [3.63, 3.8) is 0 Å². The van der Waals surface area contributed by atoms with Gasteiger partial charge in [0.05, 0.1) is 24.6 Å². The largest absolute Gasteiger partial charge is 0.384 e. The van der Waals surface area contributed by atoms with Crippen molar-refractivity contribution in [3.8, 4) is 16.9 Å². The zero-order valence-corrected chi connectivity index (χ0v) is 15.4. The first-order chi connectivity index (χ1) is 13.1. The number of rotatable bonds is 3. The summed E-state index contributed by atoms with van der Waals surface area (Å²) in [6.45, 7) is 2.41. The second-order valence-corrected chi connectivity index (χ2v) is 6.76. The monoisotopic (exact) mass is 382 g/mol. The predicted molar refractivity (Wildman–Crippen MR) is 105 cm³/mol. The van der Waals surface area contributed by atoms with Crippen LogP contribution in [0.1, 0.15) is 10.4 Å². The van der Waals surface area contributed by atoms with E-state index in [1.165, 1.54) is 0 Å². The van der Waals surface area contributed by atoms with Gasteiger partial charge >= 0.3 is 0 Å². The second-order valence-electron chi connectivity index (χ2n) is 6.32. The lowest BCUT2D eigenvalue weighted by molar-refractivity contribution is 0.0303.